The molecule has 5 aromatic rings. The van der Waals surface area contributed by atoms with Crippen LogP contribution in [-0.2, 0) is 0 Å². The van der Waals surface area contributed by atoms with E-state index < -0.39 is 0 Å². The van der Waals surface area contributed by atoms with Gasteiger partial charge in [0, 0.05) is 42.4 Å². The Morgan fingerprint density at radius 2 is 1.31 bits per heavy atom. The number of nitrogens with one attached hydrogen (secondary N) is 4. The number of halogens is 1. The number of anilines is 6. The molecule has 0 aliphatic rings. The van der Waals surface area contributed by atoms with Crippen LogP contribution >= 0.6 is 20.3 Å². The van der Waals surface area contributed by atoms with Crippen LogP contribution in [0.25, 0.3) is 10.9 Å². The molecule has 5 rings (SSSR count). The number of fused-ring (bicyclic) bond motifs is 1. The third kappa shape index (κ3) is 6.72. The van der Waals surface area contributed by atoms with E-state index in [9.17, 15) is 0 Å². The monoisotopic (exact) mass is 556 g/mol. The highest BCUT2D eigenvalue weighted by atomic mass is 35.5. The number of pyridine rings is 1. The summed E-state index contributed by atoms with van der Waals surface area (Å²) in [6.07, 6.45) is 1.78. The van der Waals surface area contributed by atoms with Crippen molar-refractivity contribution < 1.29 is 0 Å². The molecule has 1 unspecified atom stereocenters. The molecule has 10 heteroatoms. The second-order valence-corrected chi connectivity index (χ2v) is 11.9. The minimum absolute atomic E-state index is 0.239. The van der Waals surface area contributed by atoms with Gasteiger partial charge in [-0.1, -0.05) is 48.0 Å². The molecular weight excluding hydrogens is 527 g/mol. The van der Waals surface area contributed by atoms with Gasteiger partial charge in [-0.2, -0.15) is 15.0 Å². The van der Waals surface area contributed by atoms with Crippen molar-refractivity contribution >= 4 is 66.1 Å². The predicted molar refractivity (Wildman–Crippen MR) is 165 cm³/mol. The number of aromatic nitrogens is 4. The zero-order chi connectivity index (χ0) is 27.4. The molecule has 0 radical (unpaired) electrons. The molecule has 8 nitrogen and oxygen atoms in total. The highest BCUT2D eigenvalue weighted by Gasteiger charge is 2.20. The lowest BCUT2D eigenvalue weighted by Gasteiger charge is -2.28. The van der Waals surface area contributed by atoms with E-state index in [1.54, 1.807) is 6.20 Å². The molecule has 198 valence electrons. The van der Waals surface area contributed by atoms with Crippen LogP contribution in [0.5, 0.6) is 0 Å². The Morgan fingerprint density at radius 3 is 1.92 bits per heavy atom. The van der Waals surface area contributed by atoms with Crippen LogP contribution in [0.2, 0.25) is 5.02 Å². The van der Waals surface area contributed by atoms with Crippen molar-refractivity contribution in [2.24, 2.45) is 0 Å². The summed E-state index contributed by atoms with van der Waals surface area (Å²) in [5.74, 6) is 1.37. The van der Waals surface area contributed by atoms with E-state index in [2.05, 4.69) is 54.8 Å². The van der Waals surface area contributed by atoms with Crippen molar-refractivity contribution in [1.82, 2.24) is 19.9 Å². The quantitative estimate of drug-likeness (QED) is 0.135. The van der Waals surface area contributed by atoms with Crippen LogP contribution in [0.4, 0.5) is 34.9 Å². The summed E-state index contributed by atoms with van der Waals surface area (Å²) in [4.78, 5) is 18.4. The lowest BCUT2D eigenvalue weighted by Crippen LogP contribution is -2.27. The van der Waals surface area contributed by atoms with E-state index in [4.69, 9.17) is 11.6 Å². The van der Waals surface area contributed by atoms with Gasteiger partial charge in [-0.3, -0.25) is 4.98 Å². The van der Waals surface area contributed by atoms with Crippen molar-refractivity contribution in [3.8, 4) is 0 Å². The summed E-state index contributed by atoms with van der Waals surface area (Å²) in [5.41, 5.74) is 5.89. The molecule has 1 atom stereocenters. The van der Waals surface area contributed by atoms with Gasteiger partial charge in [-0.05, 0) is 75.2 Å². The maximum absolute atomic E-state index is 6.17. The molecule has 0 bridgehead atoms. The molecule has 3 aromatic carbocycles. The summed E-state index contributed by atoms with van der Waals surface area (Å²) < 4.78 is 0. The van der Waals surface area contributed by atoms with Gasteiger partial charge in [-0.25, -0.2) is 0 Å². The fraction of sp³-hybridized carbons (Fsp3) is 0.172. The van der Waals surface area contributed by atoms with E-state index in [1.807, 2.05) is 86.6 Å². The highest BCUT2D eigenvalue weighted by Crippen LogP contribution is 2.35. The van der Waals surface area contributed by atoms with Crippen LogP contribution < -0.4 is 21.0 Å². The number of para-hydroxylation sites is 2. The Morgan fingerprint density at radius 1 is 0.718 bits per heavy atom. The Bertz CT molecular complexity index is 1560. The van der Waals surface area contributed by atoms with Crippen molar-refractivity contribution in [3.05, 3.63) is 95.1 Å². The number of rotatable bonds is 9. The third-order valence-corrected chi connectivity index (χ3v) is 7.39. The summed E-state index contributed by atoms with van der Waals surface area (Å²) in [5, 5.41) is 15.1. The number of nitrogens with zero attached hydrogens (tertiary/aromatic N) is 4. The second-order valence-electron chi connectivity index (χ2n) is 9.71. The van der Waals surface area contributed by atoms with Gasteiger partial charge < -0.3 is 21.0 Å². The largest absolute Gasteiger partial charge is 0.374 e. The summed E-state index contributed by atoms with van der Waals surface area (Å²) in [7, 11) is 0.239. The van der Waals surface area contributed by atoms with E-state index >= 15 is 0 Å². The lowest BCUT2D eigenvalue weighted by atomic mass is 10.2. The molecule has 2 heterocycles. The lowest BCUT2D eigenvalue weighted by molar-refractivity contribution is 0.816. The normalized spacial score (nSPS) is 11.6. The van der Waals surface area contributed by atoms with Crippen LogP contribution in [0.3, 0.4) is 0 Å². The summed E-state index contributed by atoms with van der Waals surface area (Å²) >= 11 is 6.17. The topological polar surface area (TPSA) is 99.7 Å². The molecule has 0 saturated carbocycles. The highest BCUT2D eigenvalue weighted by molar-refractivity contribution is 7.41. The first-order chi connectivity index (χ1) is 18.8. The Hall–Kier alpha value is -4.00. The third-order valence-electron chi connectivity index (χ3n) is 6.06. The standard InChI is InChI=1S/C29H30ClN8P/c1-18-9-5-7-11-22(18)32-26-34-27(33-23-12-8-6-10-19(23)2)36-28(35-26)38-39-29(3,4)37-24-15-16-31-25-17-20(30)13-14-21(24)25/h5-17,39H,1-4H3,(H,31,37)(H3,32,33,34,35,36,38). The Kier molecular flexibility index (Phi) is 7.77. The zero-order valence-corrected chi connectivity index (χ0v) is 23.9. The molecular formula is C29H30ClN8P. The van der Waals surface area contributed by atoms with Crippen LogP contribution in [0.1, 0.15) is 25.0 Å². The van der Waals surface area contributed by atoms with Gasteiger partial charge in [0.25, 0.3) is 0 Å². The van der Waals surface area contributed by atoms with Gasteiger partial charge >= 0.3 is 0 Å². The number of hydrogen-bond acceptors (Lipinski definition) is 8. The minimum atomic E-state index is -0.326. The first-order valence-corrected chi connectivity index (χ1v) is 13.9. The van der Waals surface area contributed by atoms with E-state index in [0.29, 0.717) is 22.9 Å². The molecule has 0 spiro atoms. The van der Waals surface area contributed by atoms with Crippen LogP contribution in [0.15, 0.2) is 79.0 Å². The maximum atomic E-state index is 6.17. The van der Waals surface area contributed by atoms with Crippen LogP contribution in [0, 0.1) is 13.8 Å². The SMILES string of the molecule is Cc1ccccc1Nc1nc(NPC(C)(C)Nc2ccnc3cc(Cl)ccc23)nc(Nc2ccccc2C)n1. The molecule has 0 amide bonds. The number of benzene rings is 3. The first kappa shape index (κ1) is 26.6. The van der Waals surface area contributed by atoms with E-state index in [-0.39, 0.29) is 14.0 Å². The van der Waals surface area contributed by atoms with Gasteiger partial charge in [0.15, 0.2) is 0 Å². The number of hydrogen-bond donors (Lipinski definition) is 4. The average Bonchev–Trinajstić information content (AvgIpc) is 2.90. The predicted octanol–water partition coefficient (Wildman–Crippen LogP) is 8.03. The van der Waals surface area contributed by atoms with Gasteiger partial charge in [0.2, 0.25) is 17.8 Å². The molecule has 39 heavy (non-hydrogen) atoms. The first-order valence-electron chi connectivity index (χ1n) is 12.5. The molecule has 0 aliphatic carbocycles. The molecule has 0 saturated heterocycles. The Balaban J connectivity index is 1.39. The smallest absolute Gasteiger partial charge is 0.233 e. The van der Waals surface area contributed by atoms with Crippen molar-refractivity contribution in [3.63, 3.8) is 0 Å². The van der Waals surface area contributed by atoms with E-state index in [1.165, 1.54) is 0 Å². The second kappa shape index (κ2) is 11.4. The fourth-order valence-corrected chi connectivity index (χ4v) is 4.92. The van der Waals surface area contributed by atoms with Crippen LogP contribution in [-0.4, -0.2) is 25.2 Å². The summed E-state index contributed by atoms with van der Waals surface area (Å²) in [6.45, 7) is 8.34. The van der Waals surface area contributed by atoms with E-state index in [0.717, 1.165) is 39.1 Å². The average molecular weight is 557 g/mol. The van der Waals surface area contributed by atoms with Crippen molar-refractivity contribution in [1.29, 1.82) is 0 Å². The molecule has 0 aliphatic heterocycles. The molecule has 2 aromatic heterocycles. The Labute approximate surface area is 234 Å². The fourth-order valence-electron chi connectivity index (χ4n) is 4.02. The summed E-state index contributed by atoms with van der Waals surface area (Å²) in [6, 6.07) is 23.8. The molecule has 0 fully saturated rings. The van der Waals surface area contributed by atoms with Gasteiger partial charge in [-0.15, -0.1) is 0 Å². The van der Waals surface area contributed by atoms with Crippen molar-refractivity contribution in [2.45, 2.75) is 33.0 Å². The maximum Gasteiger partial charge on any atom is 0.233 e. The van der Waals surface area contributed by atoms with Gasteiger partial charge in [0.1, 0.15) is 0 Å². The van der Waals surface area contributed by atoms with Gasteiger partial charge in [0.05, 0.1) is 10.8 Å². The number of aryl methyl sites for hydroxylation is 2. The zero-order valence-electron chi connectivity index (χ0n) is 22.2. The minimum Gasteiger partial charge on any atom is -0.374 e. The van der Waals surface area contributed by atoms with Crippen molar-refractivity contribution in [2.75, 3.05) is 21.0 Å². The molecule has 4 N–H and O–H groups in total.